The molecule has 1 N–H and O–H groups in total. The number of hydrogen-bond donors (Lipinski definition) is 1. The van der Waals surface area contributed by atoms with Gasteiger partial charge in [-0.2, -0.15) is 0 Å². The predicted octanol–water partition coefficient (Wildman–Crippen LogP) is 4.04. The van der Waals surface area contributed by atoms with Crippen molar-refractivity contribution in [1.82, 2.24) is 10.2 Å². The van der Waals surface area contributed by atoms with Gasteiger partial charge in [-0.15, -0.1) is 0 Å². The number of nitrogens with one attached hydrogen (secondary N) is 1. The Labute approximate surface area is 157 Å². The van der Waals surface area contributed by atoms with E-state index in [0.717, 1.165) is 12.1 Å². The summed E-state index contributed by atoms with van der Waals surface area (Å²) in [7, 11) is 0. The molecule has 0 aliphatic rings. The van der Waals surface area contributed by atoms with Crippen LogP contribution in [0.5, 0.6) is 5.75 Å². The molecule has 2 rings (SSSR count). The van der Waals surface area contributed by atoms with Crippen LogP contribution in [0.4, 0.5) is 0 Å². The van der Waals surface area contributed by atoms with Gasteiger partial charge in [0.25, 0.3) is 5.91 Å². The van der Waals surface area contributed by atoms with Crippen LogP contribution in [0.2, 0.25) is 0 Å². The van der Waals surface area contributed by atoms with E-state index in [1.165, 1.54) is 0 Å². The van der Waals surface area contributed by atoms with Crippen molar-refractivity contribution in [2.75, 3.05) is 13.1 Å². The Morgan fingerprint density at radius 1 is 0.923 bits per heavy atom. The van der Waals surface area contributed by atoms with Gasteiger partial charge in [-0.1, -0.05) is 48.5 Å². The van der Waals surface area contributed by atoms with Crippen molar-refractivity contribution in [3.63, 3.8) is 0 Å². The van der Waals surface area contributed by atoms with E-state index in [0.29, 0.717) is 24.4 Å². The molecule has 0 aromatic heterocycles. The smallest absolute Gasteiger partial charge is 0.265 e. The van der Waals surface area contributed by atoms with Gasteiger partial charge in [-0.05, 0) is 39.8 Å². The summed E-state index contributed by atoms with van der Waals surface area (Å²) in [5.41, 5.74) is 0.846. The van der Waals surface area contributed by atoms with Gasteiger partial charge in [-0.3, -0.25) is 9.69 Å². The van der Waals surface area contributed by atoms with Crippen LogP contribution in [0.25, 0.3) is 0 Å². The first-order valence-electron chi connectivity index (χ1n) is 9.29. The quantitative estimate of drug-likeness (QED) is 0.739. The molecule has 0 heterocycles. The molecule has 0 spiro atoms. The van der Waals surface area contributed by atoms with Gasteiger partial charge in [0.15, 0.2) is 0 Å². The largest absolute Gasteiger partial charge is 0.476 e. The average Bonchev–Trinajstić information content (AvgIpc) is 2.64. The molecular formula is C22H30N2O2. The minimum Gasteiger partial charge on any atom is -0.476 e. The van der Waals surface area contributed by atoms with Crippen LogP contribution in [0, 0.1) is 0 Å². The third kappa shape index (κ3) is 5.88. The maximum Gasteiger partial charge on any atom is 0.265 e. The molecular weight excluding hydrogens is 324 g/mol. The second-order valence-corrected chi connectivity index (χ2v) is 6.94. The molecule has 0 radical (unpaired) electrons. The molecule has 2 aromatic rings. The van der Waals surface area contributed by atoms with Crippen LogP contribution in [0.3, 0.4) is 0 Å². The fraction of sp³-hybridized carbons (Fsp3) is 0.409. The highest BCUT2D eigenvalue weighted by Crippen LogP contribution is 2.22. The third-order valence-electron chi connectivity index (χ3n) is 4.33. The molecule has 0 bridgehead atoms. The number of rotatable bonds is 9. The highest BCUT2D eigenvalue weighted by atomic mass is 16.5. The van der Waals surface area contributed by atoms with Gasteiger partial charge >= 0.3 is 0 Å². The summed E-state index contributed by atoms with van der Waals surface area (Å²) in [5, 5.41) is 3.04. The molecule has 0 aliphatic heterocycles. The van der Waals surface area contributed by atoms with Crippen molar-refractivity contribution in [2.45, 2.75) is 45.9 Å². The Hall–Kier alpha value is -2.33. The van der Waals surface area contributed by atoms with Crippen LogP contribution in [-0.4, -0.2) is 36.0 Å². The molecule has 1 unspecified atom stereocenters. The summed E-state index contributed by atoms with van der Waals surface area (Å²) >= 11 is 0. The molecule has 1 atom stereocenters. The first-order chi connectivity index (χ1) is 12.5. The lowest BCUT2D eigenvalue weighted by molar-refractivity contribution is -0.128. The van der Waals surface area contributed by atoms with Crippen LogP contribution >= 0.6 is 0 Å². The van der Waals surface area contributed by atoms with E-state index in [1.54, 1.807) is 0 Å². The molecule has 1 amide bonds. The maximum atomic E-state index is 12.8. The number of ether oxygens (including phenoxy) is 1. The lowest BCUT2D eigenvalue weighted by atomic mass is 10.1. The second-order valence-electron chi connectivity index (χ2n) is 6.94. The normalized spacial score (nSPS) is 12.4. The Balaban J connectivity index is 2.04. The fourth-order valence-electron chi connectivity index (χ4n) is 3.05. The summed E-state index contributed by atoms with van der Waals surface area (Å²) in [6.45, 7) is 10.1. The topological polar surface area (TPSA) is 41.6 Å². The molecule has 0 aliphatic carbocycles. The van der Waals surface area contributed by atoms with E-state index in [2.05, 4.69) is 37.9 Å². The lowest BCUT2D eigenvalue weighted by Gasteiger charge is -2.30. The van der Waals surface area contributed by atoms with E-state index in [9.17, 15) is 4.79 Å². The van der Waals surface area contributed by atoms with Gasteiger partial charge in [0.05, 0.1) is 0 Å². The van der Waals surface area contributed by atoms with Crippen molar-refractivity contribution < 1.29 is 9.53 Å². The van der Waals surface area contributed by atoms with E-state index in [4.69, 9.17) is 4.74 Å². The zero-order valence-electron chi connectivity index (χ0n) is 16.2. The Bertz CT molecular complexity index is 648. The van der Waals surface area contributed by atoms with E-state index in [-0.39, 0.29) is 5.91 Å². The first-order valence-corrected chi connectivity index (χ1v) is 9.29. The number of hydrogen-bond acceptors (Lipinski definition) is 3. The zero-order valence-corrected chi connectivity index (χ0v) is 16.2. The summed E-state index contributed by atoms with van der Waals surface area (Å²) in [6.07, 6.45) is -0.662. The Kier molecular flexibility index (Phi) is 7.67. The average molecular weight is 354 g/mol. The van der Waals surface area contributed by atoms with Gasteiger partial charge in [-0.25, -0.2) is 0 Å². The molecule has 0 saturated heterocycles. The number of amides is 1. The fourth-order valence-corrected chi connectivity index (χ4v) is 3.05. The SMILES string of the molecule is CC(C)N(CCNC(=O)C(Oc1ccccc1)c1ccccc1)C(C)C. The van der Waals surface area contributed by atoms with Crippen molar-refractivity contribution >= 4 is 5.91 Å². The van der Waals surface area contributed by atoms with Crippen LogP contribution < -0.4 is 10.1 Å². The summed E-state index contributed by atoms with van der Waals surface area (Å²) in [4.78, 5) is 15.2. The Morgan fingerprint density at radius 2 is 1.46 bits per heavy atom. The highest BCUT2D eigenvalue weighted by Gasteiger charge is 2.23. The maximum absolute atomic E-state index is 12.8. The van der Waals surface area contributed by atoms with Crippen molar-refractivity contribution in [2.24, 2.45) is 0 Å². The number of carbonyl (C=O) groups is 1. The third-order valence-corrected chi connectivity index (χ3v) is 4.33. The minimum atomic E-state index is -0.662. The van der Waals surface area contributed by atoms with Crippen molar-refractivity contribution in [3.8, 4) is 5.75 Å². The summed E-state index contributed by atoms with van der Waals surface area (Å²) in [6, 6.07) is 20.0. The number of nitrogens with zero attached hydrogens (tertiary/aromatic N) is 1. The van der Waals surface area contributed by atoms with Gasteiger partial charge < -0.3 is 10.1 Å². The molecule has 26 heavy (non-hydrogen) atoms. The van der Waals surface area contributed by atoms with Crippen LogP contribution in [-0.2, 0) is 4.79 Å². The van der Waals surface area contributed by atoms with Crippen molar-refractivity contribution in [1.29, 1.82) is 0 Å². The lowest BCUT2D eigenvalue weighted by Crippen LogP contribution is -2.43. The standard InChI is InChI=1S/C22H30N2O2/c1-17(2)24(18(3)4)16-15-23-22(25)21(19-11-7-5-8-12-19)26-20-13-9-6-10-14-20/h5-14,17-18,21H,15-16H2,1-4H3,(H,23,25). The summed E-state index contributed by atoms with van der Waals surface area (Å²) in [5.74, 6) is 0.565. The molecule has 0 fully saturated rings. The highest BCUT2D eigenvalue weighted by molar-refractivity contribution is 5.82. The molecule has 140 valence electrons. The number of carbonyl (C=O) groups excluding carboxylic acids is 1. The second kappa shape index (κ2) is 9.97. The molecule has 2 aromatic carbocycles. The first kappa shape index (κ1) is 20.0. The molecule has 4 nitrogen and oxygen atoms in total. The van der Waals surface area contributed by atoms with Crippen LogP contribution in [0.1, 0.15) is 39.4 Å². The van der Waals surface area contributed by atoms with E-state index in [1.807, 2.05) is 60.7 Å². The minimum absolute atomic E-state index is 0.118. The van der Waals surface area contributed by atoms with Gasteiger partial charge in [0, 0.05) is 30.7 Å². The predicted molar refractivity (Wildman–Crippen MR) is 106 cm³/mol. The van der Waals surface area contributed by atoms with E-state index >= 15 is 0 Å². The van der Waals surface area contributed by atoms with Gasteiger partial charge in [0.2, 0.25) is 6.10 Å². The zero-order chi connectivity index (χ0) is 18.9. The summed E-state index contributed by atoms with van der Waals surface area (Å²) < 4.78 is 5.99. The number of benzene rings is 2. The van der Waals surface area contributed by atoms with Crippen molar-refractivity contribution in [3.05, 3.63) is 66.2 Å². The van der Waals surface area contributed by atoms with Gasteiger partial charge in [0.1, 0.15) is 5.75 Å². The molecule has 4 heteroatoms. The molecule has 0 saturated carbocycles. The number of para-hydroxylation sites is 1. The monoisotopic (exact) mass is 354 g/mol. The van der Waals surface area contributed by atoms with Crippen LogP contribution in [0.15, 0.2) is 60.7 Å². The Morgan fingerprint density at radius 3 is 2.00 bits per heavy atom. The van der Waals surface area contributed by atoms with E-state index < -0.39 is 6.10 Å².